The molecule has 0 aliphatic heterocycles. The van der Waals surface area contributed by atoms with E-state index in [1.54, 1.807) is 0 Å². The first-order valence-corrected chi connectivity index (χ1v) is 5.64. The Morgan fingerprint density at radius 1 is 1.31 bits per heavy atom. The van der Waals surface area contributed by atoms with Gasteiger partial charge in [0, 0.05) is 19.7 Å². The zero-order valence-electron chi connectivity index (χ0n) is 10.2. The molecule has 0 radical (unpaired) electrons. The number of Topliss-reactive ketones (excluding diaryl/α,β-unsaturated/α-hetero) is 1. The molecular formula is C11H21NO4. The summed E-state index contributed by atoms with van der Waals surface area (Å²) in [5, 5.41) is 10.2. The van der Waals surface area contributed by atoms with E-state index in [1.165, 1.54) is 12.0 Å². The summed E-state index contributed by atoms with van der Waals surface area (Å²) in [7, 11) is 0. The number of rotatable bonds is 8. The first kappa shape index (κ1) is 15.1. The molecule has 0 bridgehead atoms. The van der Waals surface area contributed by atoms with E-state index in [9.17, 15) is 9.59 Å². The minimum atomic E-state index is -0.757. The van der Waals surface area contributed by atoms with Crippen LogP contribution in [0, 0.1) is 5.92 Å². The highest BCUT2D eigenvalue weighted by Crippen LogP contribution is 2.11. The molecule has 0 aromatic carbocycles. The molecule has 0 aliphatic carbocycles. The summed E-state index contributed by atoms with van der Waals surface area (Å²) in [6.45, 7) is 6.26. The number of aliphatic hydroxyl groups excluding tert-OH is 1. The van der Waals surface area contributed by atoms with Gasteiger partial charge in [-0.15, -0.1) is 5.06 Å². The Hall–Kier alpha value is -0.940. The molecule has 0 heterocycles. The third-order valence-corrected chi connectivity index (χ3v) is 2.35. The highest BCUT2D eigenvalue weighted by atomic mass is 16.7. The van der Waals surface area contributed by atoms with Gasteiger partial charge >= 0.3 is 5.97 Å². The van der Waals surface area contributed by atoms with Gasteiger partial charge in [0.15, 0.2) is 0 Å². The smallest absolute Gasteiger partial charge is 0.335 e. The topological polar surface area (TPSA) is 66.8 Å². The Balaban J connectivity index is 4.31. The average Bonchev–Trinajstić information content (AvgIpc) is 2.25. The lowest BCUT2D eigenvalue weighted by molar-refractivity contribution is -0.194. The number of hydrogen-bond donors (Lipinski definition) is 1. The Kier molecular flexibility index (Phi) is 7.76. The predicted molar refractivity (Wildman–Crippen MR) is 59.5 cm³/mol. The lowest BCUT2D eigenvalue weighted by atomic mass is 10.00. The van der Waals surface area contributed by atoms with Gasteiger partial charge in [0.05, 0.1) is 0 Å². The maximum atomic E-state index is 11.7. The summed E-state index contributed by atoms with van der Waals surface area (Å²) in [5.74, 6) is -1.50. The van der Waals surface area contributed by atoms with Gasteiger partial charge in [0.2, 0.25) is 0 Å². The van der Waals surface area contributed by atoms with Crippen LogP contribution >= 0.6 is 0 Å². The van der Waals surface area contributed by atoms with Gasteiger partial charge in [0.1, 0.15) is 11.7 Å². The molecule has 5 heteroatoms. The number of aliphatic hydroxyl groups is 1. The first-order chi connectivity index (χ1) is 7.56. The van der Waals surface area contributed by atoms with Crippen LogP contribution in [-0.2, 0) is 14.4 Å². The van der Waals surface area contributed by atoms with E-state index < -0.39 is 11.9 Å². The van der Waals surface area contributed by atoms with Crippen molar-refractivity contribution in [2.75, 3.05) is 19.7 Å². The van der Waals surface area contributed by atoms with Gasteiger partial charge in [-0.25, -0.2) is 4.79 Å². The van der Waals surface area contributed by atoms with Crippen LogP contribution in [0.4, 0.5) is 0 Å². The van der Waals surface area contributed by atoms with Crippen molar-refractivity contribution < 1.29 is 19.5 Å². The summed E-state index contributed by atoms with van der Waals surface area (Å²) in [6, 6.07) is 0. The zero-order chi connectivity index (χ0) is 12.6. The molecular weight excluding hydrogens is 210 g/mol. The van der Waals surface area contributed by atoms with Crippen molar-refractivity contribution in [3.63, 3.8) is 0 Å². The Labute approximate surface area is 96.3 Å². The third kappa shape index (κ3) is 5.23. The minimum Gasteiger partial charge on any atom is -0.396 e. The molecule has 5 nitrogen and oxygen atoms in total. The Morgan fingerprint density at radius 3 is 2.25 bits per heavy atom. The average molecular weight is 231 g/mol. The van der Waals surface area contributed by atoms with Crippen molar-refractivity contribution in [2.45, 2.75) is 33.6 Å². The van der Waals surface area contributed by atoms with E-state index in [1.807, 2.05) is 13.8 Å². The van der Waals surface area contributed by atoms with Crippen LogP contribution < -0.4 is 0 Å². The van der Waals surface area contributed by atoms with Gasteiger partial charge in [-0.3, -0.25) is 4.79 Å². The van der Waals surface area contributed by atoms with Crippen LogP contribution in [-0.4, -0.2) is 41.6 Å². The molecule has 1 N–H and O–H groups in total. The van der Waals surface area contributed by atoms with Crippen LogP contribution in [0.25, 0.3) is 0 Å². The third-order valence-electron chi connectivity index (χ3n) is 2.35. The van der Waals surface area contributed by atoms with E-state index in [0.717, 1.165) is 0 Å². The second-order valence-corrected chi connectivity index (χ2v) is 3.55. The van der Waals surface area contributed by atoms with Crippen LogP contribution in [0.1, 0.15) is 33.6 Å². The van der Waals surface area contributed by atoms with E-state index in [2.05, 4.69) is 0 Å². The van der Waals surface area contributed by atoms with Crippen LogP contribution in [0.15, 0.2) is 0 Å². The number of carbonyl (C=O) groups excluding carboxylic acids is 2. The number of carbonyl (C=O) groups is 2. The van der Waals surface area contributed by atoms with Crippen molar-refractivity contribution in [1.82, 2.24) is 5.06 Å². The second kappa shape index (κ2) is 8.24. The monoisotopic (exact) mass is 231 g/mol. The molecule has 1 unspecified atom stereocenters. The fourth-order valence-corrected chi connectivity index (χ4v) is 1.33. The Morgan fingerprint density at radius 2 is 1.88 bits per heavy atom. The molecule has 0 fully saturated rings. The van der Waals surface area contributed by atoms with Crippen LogP contribution in [0.3, 0.4) is 0 Å². The van der Waals surface area contributed by atoms with E-state index >= 15 is 0 Å². The normalized spacial score (nSPS) is 12.6. The number of nitrogens with zero attached hydrogens (tertiary/aromatic N) is 1. The van der Waals surface area contributed by atoms with Crippen molar-refractivity contribution in [2.24, 2.45) is 5.92 Å². The molecule has 0 saturated heterocycles. The zero-order valence-corrected chi connectivity index (χ0v) is 10.2. The molecule has 16 heavy (non-hydrogen) atoms. The summed E-state index contributed by atoms with van der Waals surface area (Å²) in [4.78, 5) is 28.0. The van der Waals surface area contributed by atoms with Crippen molar-refractivity contribution in [3.05, 3.63) is 0 Å². The number of hydroxylamine groups is 2. The van der Waals surface area contributed by atoms with Gasteiger partial charge in [-0.2, -0.15) is 0 Å². The Bertz CT molecular complexity index is 226. The van der Waals surface area contributed by atoms with Crippen molar-refractivity contribution in [1.29, 1.82) is 0 Å². The standard InChI is InChI=1S/C11H21NO4/c1-4-12(5-2)16-11(15)10(9(3)14)7-6-8-13/h10,13H,4-8H2,1-3H3. The first-order valence-electron chi connectivity index (χ1n) is 5.64. The van der Waals surface area contributed by atoms with E-state index in [-0.39, 0.29) is 12.4 Å². The van der Waals surface area contributed by atoms with Crippen molar-refractivity contribution >= 4 is 11.8 Å². The molecule has 0 amide bonds. The lowest BCUT2D eigenvalue weighted by Crippen LogP contribution is -2.33. The maximum absolute atomic E-state index is 11.7. The largest absolute Gasteiger partial charge is 0.396 e. The summed E-state index contributed by atoms with van der Waals surface area (Å²) in [6.07, 6.45) is 0.767. The molecule has 0 aliphatic rings. The van der Waals surface area contributed by atoms with Gasteiger partial charge in [-0.1, -0.05) is 0 Å². The van der Waals surface area contributed by atoms with Crippen LogP contribution in [0.2, 0.25) is 0 Å². The van der Waals surface area contributed by atoms with E-state index in [0.29, 0.717) is 25.9 Å². The molecule has 1 atom stereocenters. The number of ketones is 1. The lowest BCUT2D eigenvalue weighted by Gasteiger charge is -2.20. The molecule has 0 aromatic rings. The summed E-state index contributed by atoms with van der Waals surface area (Å²) < 4.78 is 0. The van der Waals surface area contributed by atoms with Gasteiger partial charge < -0.3 is 9.94 Å². The fourth-order valence-electron chi connectivity index (χ4n) is 1.33. The van der Waals surface area contributed by atoms with Crippen LogP contribution in [0.5, 0.6) is 0 Å². The highest BCUT2D eigenvalue weighted by Gasteiger charge is 2.25. The molecule has 0 rings (SSSR count). The molecule has 0 aromatic heterocycles. The SMILES string of the molecule is CCN(CC)OC(=O)C(CCCO)C(C)=O. The second-order valence-electron chi connectivity index (χ2n) is 3.55. The molecule has 0 saturated carbocycles. The van der Waals surface area contributed by atoms with Gasteiger partial charge in [-0.05, 0) is 33.6 Å². The predicted octanol–water partition coefficient (Wildman–Crippen LogP) is 0.764. The quantitative estimate of drug-likeness (QED) is 0.493. The highest BCUT2D eigenvalue weighted by molar-refractivity contribution is 5.97. The number of hydrogen-bond acceptors (Lipinski definition) is 5. The summed E-state index contributed by atoms with van der Waals surface area (Å²) in [5.41, 5.74) is 0. The fraction of sp³-hybridized carbons (Fsp3) is 0.818. The van der Waals surface area contributed by atoms with E-state index in [4.69, 9.17) is 9.94 Å². The minimum absolute atomic E-state index is 0.0255. The maximum Gasteiger partial charge on any atom is 0.335 e. The summed E-state index contributed by atoms with van der Waals surface area (Å²) >= 11 is 0. The van der Waals surface area contributed by atoms with Gasteiger partial charge in [0.25, 0.3) is 0 Å². The molecule has 94 valence electrons. The molecule has 0 spiro atoms. The van der Waals surface area contributed by atoms with Crippen molar-refractivity contribution in [3.8, 4) is 0 Å².